The second kappa shape index (κ2) is 10.1. The lowest BCUT2D eigenvalue weighted by Crippen LogP contribution is -2.16. The van der Waals surface area contributed by atoms with Gasteiger partial charge >= 0.3 is 5.97 Å². The second-order valence-corrected chi connectivity index (χ2v) is 7.84. The standard InChI is InChI=1S/C26H30N2O3/c1-5-31-26(30)23-17-24(21-9-7-6-8-10-21)28(19(23)4)16-15-25(29)27-22-13-11-20(12-14-22)18(2)3/h6-14,17-18H,5,15-16H2,1-4H3,(H,27,29). The van der Waals surface area contributed by atoms with Gasteiger partial charge in [-0.2, -0.15) is 0 Å². The number of anilines is 1. The molecule has 0 aliphatic carbocycles. The number of nitrogens with zero attached hydrogens (tertiary/aromatic N) is 1. The van der Waals surface area contributed by atoms with Gasteiger partial charge in [0.05, 0.1) is 12.2 Å². The lowest BCUT2D eigenvalue weighted by atomic mass is 10.0. The SMILES string of the molecule is CCOC(=O)c1cc(-c2ccccc2)n(CCC(=O)Nc2ccc(C(C)C)cc2)c1C. The molecule has 0 aliphatic rings. The summed E-state index contributed by atoms with van der Waals surface area (Å²) in [5.74, 6) is 0.0409. The molecule has 0 fully saturated rings. The lowest BCUT2D eigenvalue weighted by molar-refractivity contribution is -0.116. The predicted molar refractivity (Wildman–Crippen MR) is 124 cm³/mol. The number of nitrogens with one attached hydrogen (secondary N) is 1. The van der Waals surface area contributed by atoms with Gasteiger partial charge in [0.1, 0.15) is 0 Å². The van der Waals surface area contributed by atoms with Crippen LogP contribution in [0.4, 0.5) is 5.69 Å². The molecule has 1 N–H and O–H groups in total. The first kappa shape index (κ1) is 22.3. The molecule has 0 radical (unpaired) electrons. The number of benzene rings is 2. The van der Waals surface area contributed by atoms with Crippen LogP contribution in [0.1, 0.15) is 54.7 Å². The molecule has 0 saturated carbocycles. The summed E-state index contributed by atoms with van der Waals surface area (Å²) in [7, 11) is 0. The zero-order valence-corrected chi connectivity index (χ0v) is 18.6. The smallest absolute Gasteiger partial charge is 0.339 e. The summed E-state index contributed by atoms with van der Waals surface area (Å²) < 4.78 is 7.23. The minimum absolute atomic E-state index is 0.0675. The lowest BCUT2D eigenvalue weighted by Gasteiger charge is -2.13. The third-order valence-electron chi connectivity index (χ3n) is 5.35. The number of rotatable bonds is 8. The Balaban J connectivity index is 1.78. The van der Waals surface area contributed by atoms with Crippen LogP contribution < -0.4 is 5.32 Å². The van der Waals surface area contributed by atoms with Gasteiger partial charge < -0.3 is 14.6 Å². The van der Waals surface area contributed by atoms with Gasteiger partial charge in [0.25, 0.3) is 0 Å². The fraction of sp³-hybridized carbons (Fsp3) is 0.308. The van der Waals surface area contributed by atoms with Crippen molar-refractivity contribution in [3.05, 3.63) is 77.5 Å². The number of hydrogen-bond donors (Lipinski definition) is 1. The molecule has 1 heterocycles. The monoisotopic (exact) mass is 418 g/mol. The molecule has 0 spiro atoms. The molecule has 0 atom stereocenters. The summed E-state index contributed by atoms with van der Waals surface area (Å²) in [4.78, 5) is 25.0. The van der Waals surface area contributed by atoms with Crippen molar-refractivity contribution in [2.24, 2.45) is 0 Å². The van der Waals surface area contributed by atoms with Crippen LogP contribution in [0.15, 0.2) is 60.7 Å². The molecule has 1 aromatic heterocycles. The fourth-order valence-electron chi connectivity index (χ4n) is 3.59. The molecule has 31 heavy (non-hydrogen) atoms. The van der Waals surface area contributed by atoms with Crippen LogP contribution in [0.5, 0.6) is 0 Å². The normalized spacial score (nSPS) is 10.9. The van der Waals surface area contributed by atoms with E-state index in [1.54, 1.807) is 6.92 Å². The molecule has 1 amide bonds. The van der Waals surface area contributed by atoms with Gasteiger partial charge in [-0.15, -0.1) is 0 Å². The van der Waals surface area contributed by atoms with Gasteiger partial charge in [-0.25, -0.2) is 4.79 Å². The highest BCUT2D eigenvalue weighted by Crippen LogP contribution is 2.27. The van der Waals surface area contributed by atoms with Crippen LogP contribution in [0, 0.1) is 6.92 Å². The molecule has 5 heteroatoms. The molecule has 0 bridgehead atoms. The van der Waals surface area contributed by atoms with Crippen molar-refractivity contribution < 1.29 is 14.3 Å². The van der Waals surface area contributed by atoms with Crippen LogP contribution in [0.25, 0.3) is 11.3 Å². The van der Waals surface area contributed by atoms with Crippen molar-refractivity contribution in [2.75, 3.05) is 11.9 Å². The zero-order valence-electron chi connectivity index (χ0n) is 18.6. The second-order valence-electron chi connectivity index (χ2n) is 7.84. The van der Waals surface area contributed by atoms with Crippen LogP contribution in [-0.2, 0) is 16.1 Å². The molecule has 162 valence electrons. The average molecular weight is 419 g/mol. The van der Waals surface area contributed by atoms with E-state index in [1.165, 1.54) is 5.56 Å². The molecule has 0 unspecified atom stereocenters. The highest BCUT2D eigenvalue weighted by molar-refractivity contribution is 5.93. The van der Waals surface area contributed by atoms with E-state index in [0.717, 1.165) is 22.6 Å². The summed E-state index contributed by atoms with van der Waals surface area (Å²) in [6.45, 7) is 8.75. The van der Waals surface area contributed by atoms with Crippen molar-refractivity contribution in [3.63, 3.8) is 0 Å². The topological polar surface area (TPSA) is 60.3 Å². The Kier molecular flexibility index (Phi) is 7.29. The van der Waals surface area contributed by atoms with Gasteiger partial charge in [0.15, 0.2) is 0 Å². The molecule has 0 saturated heterocycles. The maximum atomic E-state index is 12.6. The van der Waals surface area contributed by atoms with E-state index in [2.05, 4.69) is 19.2 Å². The van der Waals surface area contributed by atoms with E-state index in [9.17, 15) is 9.59 Å². The highest BCUT2D eigenvalue weighted by Gasteiger charge is 2.20. The fourth-order valence-corrected chi connectivity index (χ4v) is 3.59. The molecule has 3 rings (SSSR count). The van der Waals surface area contributed by atoms with E-state index in [-0.39, 0.29) is 11.9 Å². The van der Waals surface area contributed by atoms with Crippen molar-refractivity contribution in [2.45, 2.75) is 46.6 Å². The summed E-state index contributed by atoms with van der Waals surface area (Å²) in [6.07, 6.45) is 0.295. The molecular formula is C26H30N2O3. The number of aromatic nitrogens is 1. The number of amides is 1. The van der Waals surface area contributed by atoms with Crippen LogP contribution in [0.2, 0.25) is 0 Å². The maximum Gasteiger partial charge on any atom is 0.339 e. The van der Waals surface area contributed by atoms with Gasteiger partial charge in [-0.3, -0.25) is 4.79 Å². The predicted octanol–water partition coefficient (Wildman–Crippen LogP) is 5.79. The van der Waals surface area contributed by atoms with Gasteiger partial charge in [0.2, 0.25) is 5.91 Å². The first-order valence-electron chi connectivity index (χ1n) is 10.7. The third-order valence-corrected chi connectivity index (χ3v) is 5.35. The average Bonchev–Trinajstić information content (AvgIpc) is 3.10. The third kappa shape index (κ3) is 5.43. The number of carbonyl (C=O) groups excluding carboxylic acids is 2. The highest BCUT2D eigenvalue weighted by atomic mass is 16.5. The number of ether oxygens (including phenoxy) is 1. The van der Waals surface area contributed by atoms with Gasteiger partial charge in [-0.05, 0) is 49.1 Å². The Hall–Kier alpha value is -3.34. The van der Waals surface area contributed by atoms with Gasteiger partial charge in [0, 0.05) is 30.0 Å². The van der Waals surface area contributed by atoms with Crippen molar-refractivity contribution in [3.8, 4) is 11.3 Å². The Morgan fingerprint density at radius 2 is 1.71 bits per heavy atom. The molecule has 3 aromatic rings. The summed E-state index contributed by atoms with van der Waals surface area (Å²) in [5.41, 5.74) is 5.24. The maximum absolute atomic E-state index is 12.6. The van der Waals surface area contributed by atoms with E-state index in [0.29, 0.717) is 31.1 Å². The first-order chi connectivity index (χ1) is 14.9. The Morgan fingerprint density at radius 3 is 2.32 bits per heavy atom. The number of hydrogen-bond acceptors (Lipinski definition) is 3. The van der Waals surface area contributed by atoms with E-state index < -0.39 is 0 Å². The van der Waals surface area contributed by atoms with Gasteiger partial charge in [-0.1, -0.05) is 56.3 Å². The van der Waals surface area contributed by atoms with E-state index in [1.807, 2.05) is 72.2 Å². The summed E-state index contributed by atoms with van der Waals surface area (Å²) >= 11 is 0. The molecular weight excluding hydrogens is 388 g/mol. The van der Waals surface area contributed by atoms with Crippen molar-refractivity contribution in [1.29, 1.82) is 0 Å². The van der Waals surface area contributed by atoms with Crippen molar-refractivity contribution >= 4 is 17.6 Å². The number of carbonyl (C=O) groups is 2. The quantitative estimate of drug-likeness (QED) is 0.471. The largest absolute Gasteiger partial charge is 0.462 e. The Labute approximate surface area is 184 Å². The minimum atomic E-state index is -0.342. The Morgan fingerprint density at radius 1 is 1.03 bits per heavy atom. The molecule has 2 aromatic carbocycles. The van der Waals surface area contributed by atoms with Crippen LogP contribution >= 0.6 is 0 Å². The summed E-state index contributed by atoms with van der Waals surface area (Å²) in [6, 6.07) is 19.7. The zero-order chi connectivity index (χ0) is 22.4. The first-order valence-corrected chi connectivity index (χ1v) is 10.7. The number of esters is 1. The van der Waals surface area contributed by atoms with E-state index >= 15 is 0 Å². The van der Waals surface area contributed by atoms with Crippen LogP contribution in [0.3, 0.4) is 0 Å². The summed E-state index contributed by atoms with van der Waals surface area (Å²) in [5, 5.41) is 2.96. The Bertz CT molecular complexity index is 1030. The molecule has 0 aliphatic heterocycles. The van der Waals surface area contributed by atoms with Crippen LogP contribution in [-0.4, -0.2) is 23.1 Å². The van der Waals surface area contributed by atoms with E-state index in [4.69, 9.17) is 4.74 Å². The van der Waals surface area contributed by atoms with Crippen molar-refractivity contribution in [1.82, 2.24) is 4.57 Å². The molecule has 5 nitrogen and oxygen atoms in total. The minimum Gasteiger partial charge on any atom is -0.462 e.